The van der Waals surface area contributed by atoms with Gasteiger partial charge in [0.1, 0.15) is 11.3 Å². The van der Waals surface area contributed by atoms with E-state index in [2.05, 4.69) is 0 Å². The maximum Gasteiger partial charge on any atom is 0.339 e. The van der Waals surface area contributed by atoms with Crippen LogP contribution in [0.25, 0.3) is 11.0 Å². The maximum absolute atomic E-state index is 11.4. The van der Waals surface area contributed by atoms with E-state index in [9.17, 15) is 9.90 Å². The van der Waals surface area contributed by atoms with E-state index in [-0.39, 0.29) is 19.6 Å². The van der Waals surface area contributed by atoms with Crippen molar-refractivity contribution in [3.05, 3.63) is 40.8 Å². The van der Waals surface area contributed by atoms with Crippen LogP contribution in [-0.4, -0.2) is 29.0 Å². The van der Waals surface area contributed by atoms with Crippen molar-refractivity contribution in [2.24, 2.45) is 0 Å². The van der Waals surface area contributed by atoms with E-state index in [1.807, 2.05) is 6.07 Å². The number of aliphatic hydroxyl groups is 2. The molecule has 1 aromatic heterocycles. The Morgan fingerprint density at radius 2 is 2.11 bits per heavy atom. The van der Waals surface area contributed by atoms with Gasteiger partial charge in [-0.3, -0.25) is 0 Å². The first-order valence-corrected chi connectivity index (χ1v) is 6.01. The molecule has 0 amide bonds. The largest absolute Gasteiger partial charge is 0.492 e. The highest BCUT2D eigenvalue weighted by Gasteiger charge is 2.19. The van der Waals surface area contributed by atoms with Gasteiger partial charge in [0.2, 0.25) is 0 Å². The number of para-hydroxylation sites is 1. The molecule has 102 valence electrons. The average molecular weight is 264 g/mol. The van der Waals surface area contributed by atoms with Crippen LogP contribution in [0, 0.1) is 0 Å². The molecule has 0 saturated heterocycles. The molecule has 1 unspecified atom stereocenters. The number of hydrogen-bond donors (Lipinski definition) is 2. The molecule has 19 heavy (non-hydrogen) atoms. The SMILES string of the molecule is CC(O)(CO)CCOc1cc(=O)oc2ccccc12. The summed E-state index contributed by atoms with van der Waals surface area (Å²) in [5.74, 6) is 0.417. The fraction of sp³-hybridized carbons (Fsp3) is 0.357. The van der Waals surface area contributed by atoms with Crippen LogP contribution in [-0.2, 0) is 0 Å². The number of fused-ring (bicyclic) bond motifs is 1. The minimum absolute atomic E-state index is 0.195. The van der Waals surface area contributed by atoms with Crippen molar-refractivity contribution in [1.29, 1.82) is 0 Å². The third kappa shape index (κ3) is 3.33. The fourth-order valence-corrected chi connectivity index (χ4v) is 1.66. The summed E-state index contributed by atoms with van der Waals surface area (Å²) in [7, 11) is 0. The Hall–Kier alpha value is -1.85. The van der Waals surface area contributed by atoms with Crippen molar-refractivity contribution in [3.63, 3.8) is 0 Å². The number of aliphatic hydroxyl groups excluding tert-OH is 1. The molecule has 5 heteroatoms. The van der Waals surface area contributed by atoms with Gasteiger partial charge in [-0.05, 0) is 19.1 Å². The third-order valence-corrected chi connectivity index (χ3v) is 2.85. The van der Waals surface area contributed by atoms with Crippen molar-refractivity contribution in [3.8, 4) is 5.75 Å². The molecule has 1 heterocycles. The first kappa shape index (κ1) is 13.6. The zero-order valence-corrected chi connectivity index (χ0v) is 10.6. The normalized spacial score (nSPS) is 14.3. The summed E-state index contributed by atoms with van der Waals surface area (Å²) >= 11 is 0. The fourth-order valence-electron chi connectivity index (χ4n) is 1.66. The molecule has 2 N–H and O–H groups in total. The molecule has 0 radical (unpaired) electrons. The molecular weight excluding hydrogens is 248 g/mol. The quantitative estimate of drug-likeness (QED) is 0.796. The molecule has 1 aromatic carbocycles. The van der Waals surface area contributed by atoms with Gasteiger partial charge in [-0.25, -0.2) is 4.79 Å². The third-order valence-electron chi connectivity index (χ3n) is 2.85. The number of rotatable bonds is 5. The zero-order valence-electron chi connectivity index (χ0n) is 10.6. The lowest BCUT2D eigenvalue weighted by atomic mass is 10.1. The van der Waals surface area contributed by atoms with Crippen LogP contribution in [0.15, 0.2) is 39.5 Å². The molecule has 1 atom stereocenters. The van der Waals surface area contributed by atoms with E-state index >= 15 is 0 Å². The second kappa shape index (κ2) is 5.42. The molecule has 0 bridgehead atoms. The topological polar surface area (TPSA) is 79.9 Å². The van der Waals surface area contributed by atoms with Crippen molar-refractivity contribution in [1.82, 2.24) is 0 Å². The highest BCUT2D eigenvalue weighted by Crippen LogP contribution is 2.23. The average Bonchev–Trinajstić information content (AvgIpc) is 2.38. The number of hydrogen-bond acceptors (Lipinski definition) is 5. The minimum Gasteiger partial charge on any atom is -0.492 e. The van der Waals surface area contributed by atoms with Crippen molar-refractivity contribution < 1.29 is 19.4 Å². The van der Waals surface area contributed by atoms with Crippen molar-refractivity contribution >= 4 is 11.0 Å². The van der Waals surface area contributed by atoms with Crippen LogP contribution in [0.1, 0.15) is 13.3 Å². The lowest BCUT2D eigenvalue weighted by Crippen LogP contribution is -2.31. The first-order valence-electron chi connectivity index (χ1n) is 6.01. The Morgan fingerprint density at radius 1 is 1.37 bits per heavy atom. The molecule has 0 spiro atoms. The lowest BCUT2D eigenvalue weighted by molar-refractivity contribution is -0.0138. The predicted molar refractivity (Wildman–Crippen MR) is 70.3 cm³/mol. The van der Waals surface area contributed by atoms with E-state index in [1.54, 1.807) is 18.2 Å². The summed E-state index contributed by atoms with van der Waals surface area (Å²) in [6.07, 6.45) is 0.262. The minimum atomic E-state index is -1.19. The van der Waals surface area contributed by atoms with Crippen molar-refractivity contribution in [2.45, 2.75) is 18.9 Å². The summed E-state index contributed by atoms with van der Waals surface area (Å²) < 4.78 is 10.6. The first-order chi connectivity index (χ1) is 9.02. The van der Waals surface area contributed by atoms with E-state index in [0.717, 1.165) is 0 Å². The van der Waals surface area contributed by atoms with E-state index in [0.29, 0.717) is 16.7 Å². The molecular formula is C14H16O5. The summed E-state index contributed by atoms with van der Waals surface area (Å²) in [6.45, 7) is 1.38. The van der Waals surface area contributed by atoms with Crippen LogP contribution >= 0.6 is 0 Å². The van der Waals surface area contributed by atoms with Gasteiger partial charge < -0.3 is 19.4 Å². The van der Waals surface area contributed by atoms with Crippen LogP contribution in [0.3, 0.4) is 0 Å². The van der Waals surface area contributed by atoms with Gasteiger partial charge >= 0.3 is 5.63 Å². The Balaban J connectivity index is 2.19. The standard InChI is InChI=1S/C14H16O5/c1-14(17,9-15)6-7-18-12-8-13(16)19-11-5-3-2-4-10(11)12/h2-5,8,15,17H,6-7,9H2,1H3. The molecule has 0 saturated carbocycles. The number of ether oxygens (including phenoxy) is 1. The Bertz CT molecular complexity index is 615. The van der Waals surface area contributed by atoms with E-state index in [1.165, 1.54) is 13.0 Å². The Morgan fingerprint density at radius 3 is 2.84 bits per heavy atom. The molecule has 5 nitrogen and oxygen atoms in total. The monoisotopic (exact) mass is 264 g/mol. The van der Waals surface area contributed by atoms with Gasteiger partial charge in [0.15, 0.2) is 0 Å². The van der Waals surface area contributed by atoms with E-state index < -0.39 is 11.2 Å². The highest BCUT2D eigenvalue weighted by atomic mass is 16.5. The van der Waals surface area contributed by atoms with E-state index in [4.69, 9.17) is 14.3 Å². The second-order valence-corrected chi connectivity index (χ2v) is 4.68. The Labute approximate surface area is 110 Å². The summed E-state index contributed by atoms with van der Waals surface area (Å²) in [5, 5.41) is 19.3. The summed E-state index contributed by atoms with van der Waals surface area (Å²) in [4.78, 5) is 11.4. The van der Waals surface area contributed by atoms with Crippen LogP contribution in [0.2, 0.25) is 0 Å². The molecule has 0 fully saturated rings. The summed E-state index contributed by atoms with van der Waals surface area (Å²) in [5.41, 5.74) is -1.21. The van der Waals surface area contributed by atoms with Gasteiger partial charge in [-0.15, -0.1) is 0 Å². The Kier molecular flexibility index (Phi) is 3.87. The van der Waals surface area contributed by atoms with Gasteiger partial charge in [0.25, 0.3) is 0 Å². The van der Waals surface area contributed by atoms with Gasteiger partial charge in [-0.2, -0.15) is 0 Å². The van der Waals surface area contributed by atoms with Crippen LogP contribution in [0.4, 0.5) is 0 Å². The maximum atomic E-state index is 11.4. The molecule has 0 aliphatic heterocycles. The number of benzene rings is 1. The smallest absolute Gasteiger partial charge is 0.339 e. The predicted octanol–water partition coefficient (Wildman–Crippen LogP) is 1.31. The van der Waals surface area contributed by atoms with Gasteiger partial charge in [0, 0.05) is 6.42 Å². The molecule has 2 aromatic rings. The van der Waals surface area contributed by atoms with Gasteiger partial charge in [-0.1, -0.05) is 12.1 Å². The lowest BCUT2D eigenvalue weighted by Gasteiger charge is -2.20. The summed E-state index contributed by atoms with van der Waals surface area (Å²) in [6, 6.07) is 8.34. The van der Waals surface area contributed by atoms with Crippen LogP contribution in [0.5, 0.6) is 5.75 Å². The van der Waals surface area contributed by atoms with Gasteiger partial charge in [0.05, 0.1) is 30.3 Å². The molecule has 2 rings (SSSR count). The molecule has 0 aliphatic carbocycles. The van der Waals surface area contributed by atoms with Crippen molar-refractivity contribution in [2.75, 3.05) is 13.2 Å². The van der Waals surface area contributed by atoms with Crippen LogP contribution < -0.4 is 10.4 Å². The second-order valence-electron chi connectivity index (χ2n) is 4.68. The zero-order chi connectivity index (χ0) is 13.9. The molecule has 0 aliphatic rings. The highest BCUT2D eigenvalue weighted by molar-refractivity contribution is 5.82.